The van der Waals surface area contributed by atoms with Crippen molar-refractivity contribution in [3.8, 4) is 0 Å². The lowest BCUT2D eigenvalue weighted by atomic mass is 9.99. The maximum absolute atomic E-state index is 11.1. The van der Waals surface area contributed by atoms with E-state index in [4.69, 9.17) is 4.42 Å². The highest BCUT2D eigenvalue weighted by Gasteiger charge is 2.01. The molecule has 0 spiro atoms. The summed E-state index contributed by atoms with van der Waals surface area (Å²) in [7, 11) is 0. The zero-order valence-corrected chi connectivity index (χ0v) is 11.8. The van der Waals surface area contributed by atoms with Crippen LogP contribution in [0, 0.1) is 5.92 Å². The van der Waals surface area contributed by atoms with E-state index in [-0.39, 0.29) is 5.63 Å². The van der Waals surface area contributed by atoms with E-state index in [1.807, 2.05) is 12.1 Å². The van der Waals surface area contributed by atoms with Gasteiger partial charge in [-0.25, -0.2) is 4.79 Å². The summed E-state index contributed by atoms with van der Waals surface area (Å²) in [5.74, 6) is 0.839. The monoisotopic (exact) mass is 258 g/mol. The molecule has 0 amide bonds. The molecule has 1 heterocycles. The molecule has 1 aromatic carbocycles. The number of aryl methyl sites for hydroxylation is 1. The first kappa shape index (κ1) is 13.9. The van der Waals surface area contributed by atoms with E-state index in [0.29, 0.717) is 5.58 Å². The Morgan fingerprint density at radius 2 is 2.00 bits per heavy atom. The van der Waals surface area contributed by atoms with Crippen LogP contribution in [0.25, 0.3) is 11.0 Å². The van der Waals surface area contributed by atoms with Crippen LogP contribution in [-0.2, 0) is 6.42 Å². The Kier molecular flexibility index (Phi) is 4.78. The highest BCUT2D eigenvalue weighted by Crippen LogP contribution is 2.17. The molecule has 1 atom stereocenters. The number of unbranched alkanes of at least 4 members (excludes halogenated alkanes) is 1. The maximum Gasteiger partial charge on any atom is 0.336 e. The first-order valence-electron chi connectivity index (χ1n) is 7.22. The van der Waals surface area contributed by atoms with Gasteiger partial charge in [-0.1, -0.05) is 39.2 Å². The summed E-state index contributed by atoms with van der Waals surface area (Å²) >= 11 is 0. The van der Waals surface area contributed by atoms with Gasteiger partial charge in [-0.05, 0) is 42.5 Å². The normalized spacial score (nSPS) is 12.7. The van der Waals surface area contributed by atoms with E-state index in [2.05, 4.69) is 26.0 Å². The van der Waals surface area contributed by atoms with Crippen LogP contribution in [0.3, 0.4) is 0 Å². The third-order valence-corrected chi connectivity index (χ3v) is 3.79. The molecule has 0 radical (unpaired) electrons. The first-order chi connectivity index (χ1) is 9.19. The molecular formula is C17H22O2. The molecule has 0 aliphatic rings. The topological polar surface area (TPSA) is 30.2 Å². The Labute approximate surface area is 114 Å². The Morgan fingerprint density at radius 1 is 1.16 bits per heavy atom. The van der Waals surface area contributed by atoms with Crippen LogP contribution in [0.5, 0.6) is 0 Å². The average molecular weight is 258 g/mol. The van der Waals surface area contributed by atoms with Crippen molar-refractivity contribution < 1.29 is 4.42 Å². The molecule has 0 N–H and O–H groups in total. The Morgan fingerprint density at radius 3 is 2.79 bits per heavy atom. The standard InChI is InChI=1S/C17H22O2/c1-3-13(2)6-4-5-7-14-8-10-16-15(12-14)9-11-17(18)19-16/h8-13H,3-7H2,1-2H3. The van der Waals surface area contributed by atoms with Crippen molar-refractivity contribution in [1.82, 2.24) is 0 Å². The Bertz CT molecular complexity index is 583. The van der Waals surface area contributed by atoms with Crippen molar-refractivity contribution >= 4 is 11.0 Å². The fourth-order valence-corrected chi connectivity index (χ4v) is 2.30. The summed E-state index contributed by atoms with van der Waals surface area (Å²) < 4.78 is 5.13. The molecule has 0 aliphatic carbocycles. The molecule has 0 saturated carbocycles. The minimum atomic E-state index is -0.284. The van der Waals surface area contributed by atoms with Crippen molar-refractivity contribution in [2.45, 2.75) is 46.0 Å². The van der Waals surface area contributed by atoms with Gasteiger partial charge in [0.1, 0.15) is 5.58 Å². The second-order valence-corrected chi connectivity index (χ2v) is 5.39. The summed E-state index contributed by atoms with van der Waals surface area (Å²) in [6.07, 6.45) is 6.21. The fourth-order valence-electron chi connectivity index (χ4n) is 2.30. The third kappa shape index (κ3) is 3.95. The summed E-state index contributed by atoms with van der Waals surface area (Å²) in [4.78, 5) is 11.1. The van der Waals surface area contributed by atoms with Crippen LogP contribution in [0.15, 0.2) is 39.5 Å². The molecule has 102 valence electrons. The van der Waals surface area contributed by atoms with Crippen molar-refractivity contribution in [3.63, 3.8) is 0 Å². The fraction of sp³-hybridized carbons (Fsp3) is 0.471. The number of rotatable bonds is 6. The van der Waals surface area contributed by atoms with E-state index in [0.717, 1.165) is 17.7 Å². The van der Waals surface area contributed by atoms with E-state index in [1.165, 1.54) is 37.3 Å². The molecule has 1 unspecified atom stereocenters. The van der Waals surface area contributed by atoms with Crippen LogP contribution < -0.4 is 5.63 Å². The highest BCUT2D eigenvalue weighted by molar-refractivity contribution is 5.76. The Hall–Kier alpha value is -1.57. The second-order valence-electron chi connectivity index (χ2n) is 5.39. The van der Waals surface area contributed by atoms with Gasteiger partial charge in [-0.15, -0.1) is 0 Å². The van der Waals surface area contributed by atoms with E-state index >= 15 is 0 Å². The zero-order valence-electron chi connectivity index (χ0n) is 11.8. The number of fused-ring (bicyclic) bond motifs is 1. The smallest absolute Gasteiger partial charge is 0.336 e. The van der Waals surface area contributed by atoms with Crippen molar-refractivity contribution in [1.29, 1.82) is 0 Å². The molecule has 2 aromatic rings. The molecule has 1 aromatic heterocycles. The number of hydrogen-bond donors (Lipinski definition) is 0. The minimum absolute atomic E-state index is 0.284. The largest absolute Gasteiger partial charge is 0.423 e. The van der Waals surface area contributed by atoms with Crippen LogP contribution >= 0.6 is 0 Å². The van der Waals surface area contributed by atoms with Gasteiger partial charge >= 0.3 is 5.63 Å². The lowest BCUT2D eigenvalue weighted by Crippen LogP contribution is -1.95. The SMILES string of the molecule is CCC(C)CCCCc1ccc2oc(=O)ccc2c1. The summed E-state index contributed by atoms with van der Waals surface area (Å²) in [5.41, 5.74) is 1.72. The van der Waals surface area contributed by atoms with Crippen molar-refractivity contribution in [3.05, 3.63) is 46.3 Å². The Balaban J connectivity index is 1.94. The van der Waals surface area contributed by atoms with Crippen molar-refractivity contribution in [2.75, 3.05) is 0 Å². The van der Waals surface area contributed by atoms with Gasteiger partial charge in [0.05, 0.1) is 0 Å². The molecule has 2 rings (SSSR count). The predicted octanol–water partition coefficient (Wildman–Crippen LogP) is 4.55. The van der Waals surface area contributed by atoms with Crippen molar-refractivity contribution in [2.24, 2.45) is 5.92 Å². The first-order valence-corrected chi connectivity index (χ1v) is 7.22. The van der Waals surface area contributed by atoms with Gasteiger partial charge in [-0.3, -0.25) is 0 Å². The maximum atomic E-state index is 11.1. The number of benzene rings is 1. The van der Waals surface area contributed by atoms with E-state index in [9.17, 15) is 4.79 Å². The second kappa shape index (κ2) is 6.55. The van der Waals surface area contributed by atoms with Gasteiger partial charge in [0, 0.05) is 11.5 Å². The summed E-state index contributed by atoms with van der Waals surface area (Å²) in [5, 5.41) is 1.01. The molecular weight excluding hydrogens is 236 g/mol. The highest BCUT2D eigenvalue weighted by atomic mass is 16.4. The summed E-state index contributed by atoms with van der Waals surface area (Å²) in [6.45, 7) is 4.57. The van der Waals surface area contributed by atoms with Gasteiger partial charge in [0.15, 0.2) is 0 Å². The predicted molar refractivity (Wildman–Crippen MR) is 79.5 cm³/mol. The third-order valence-electron chi connectivity index (χ3n) is 3.79. The average Bonchev–Trinajstić information content (AvgIpc) is 2.43. The number of hydrogen-bond acceptors (Lipinski definition) is 2. The molecule has 0 saturated heterocycles. The van der Waals surface area contributed by atoms with Gasteiger partial charge in [0.25, 0.3) is 0 Å². The molecule has 19 heavy (non-hydrogen) atoms. The van der Waals surface area contributed by atoms with Gasteiger partial charge in [-0.2, -0.15) is 0 Å². The lowest BCUT2D eigenvalue weighted by molar-refractivity contribution is 0.484. The quantitative estimate of drug-likeness (QED) is 0.562. The molecule has 0 aliphatic heterocycles. The van der Waals surface area contributed by atoms with E-state index < -0.39 is 0 Å². The molecule has 0 bridgehead atoms. The van der Waals surface area contributed by atoms with Crippen LogP contribution in [0.2, 0.25) is 0 Å². The van der Waals surface area contributed by atoms with E-state index in [1.54, 1.807) is 0 Å². The van der Waals surface area contributed by atoms with Crippen LogP contribution in [0.1, 0.15) is 45.1 Å². The van der Waals surface area contributed by atoms with Crippen LogP contribution in [-0.4, -0.2) is 0 Å². The summed E-state index contributed by atoms with van der Waals surface area (Å²) in [6, 6.07) is 9.41. The molecule has 0 fully saturated rings. The molecule has 2 nitrogen and oxygen atoms in total. The molecule has 2 heteroatoms. The zero-order chi connectivity index (χ0) is 13.7. The van der Waals surface area contributed by atoms with Gasteiger partial charge in [0.2, 0.25) is 0 Å². The van der Waals surface area contributed by atoms with Gasteiger partial charge < -0.3 is 4.42 Å². The minimum Gasteiger partial charge on any atom is -0.423 e. The van der Waals surface area contributed by atoms with Crippen LogP contribution in [0.4, 0.5) is 0 Å². The lowest BCUT2D eigenvalue weighted by Gasteiger charge is -2.07.